The van der Waals surface area contributed by atoms with E-state index in [0.29, 0.717) is 18.5 Å². The lowest BCUT2D eigenvalue weighted by Crippen LogP contribution is -2.32. The molecule has 1 rings (SSSR count). The van der Waals surface area contributed by atoms with Crippen LogP contribution in [0.3, 0.4) is 0 Å². The number of carboxylic acids is 1. The number of hydrogen-bond acceptors (Lipinski definition) is 3. The molecule has 1 aromatic heterocycles. The maximum Gasteiger partial charge on any atom is 0.331 e. The van der Waals surface area contributed by atoms with Crippen molar-refractivity contribution < 1.29 is 14.7 Å². The summed E-state index contributed by atoms with van der Waals surface area (Å²) in [5, 5.41) is 9.03. The lowest BCUT2D eigenvalue weighted by Gasteiger charge is -2.23. The third kappa shape index (κ3) is 2.52. The number of carbonyl (C=O) groups excluding carboxylic acids is 1. The van der Waals surface area contributed by atoms with Gasteiger partial charge in [0, 0.05) is 24.5 Å². The van der Waals surface area contributed by atoms with E-state index in [1.807, 2.05) is 0 Å². The number of carbonyl (C=O) groups is 2. The zero-order chi connectivity index (χ0) is 11.3. The molecule has 1 amide bonds. The van der Waals surface area contributed by atoms with Crippen molar-refractivity contribution in [1.82, 2.24) is 9.88 Å². The highest BCUT2D eigenvalue weighted by Crippen LogP contribution is 2.18. The molecule has 1 unspecified atom stereocenters. The third-order valence-corrected chi connectivity index (χ3v) is 2.07. The van der Waals surface area contributed by atoms with Gasteiger partial charge in [0.15, 0.2) is 6.04 Å². The molecule has 5 nitrogen and oxygen atoms in total. The molecule has 0 spiro atoms. The van der Waals surface area contributed by atoms with Crippen molar-refractivity contribution in [3.63, 3.8) is 0 Å². The van der Waals surface area contributed by atoms with Crippen LogP contribution in [-0.2, 0) is 9.59 Å². The van der Waals surface area contributed by atoms with Gasteiger partial charge in [-0.05, 0) is 13.0 Å². The number of aromatic nitrogens is 1. The molecule has 0 aliphatic carbocycles. The lowest BCUT2D eigenvalue weighted by molar-refractivity contribution is -0.146. The van der Waals surface area contributed by atoms with Gasteiger partial charge in [-0.3, -0.25) is 9.78 Å². The monoisotopic (exact) mass is 208 g/mol. The topological polar surface area (TPSA) is 70.5 Å². The summed E-state index contributed by atoms with van der Waals surface area (Å²) in [7, 11) is 0. The molecule has 0 aromatic carbocycles. The number of amides is 1. The predicted octanol–water partition coefficient (Wildman–Crippen LogP) is 0.686. The summed E-state index contributed by atoms with van der Waals surface area (Å²) < 4.78 is 0. The minimum Gasteiger partial charge on any atom is -0.479 e. The molecule has 0 saturated heterocycles. The first kappa shape index (κ1) is 11.2. The van der Waals surface area contributed by atoms with Gasteiger partial charge in [-0.25, -0.2) is 4.79 Å². The Morgan fingerprint density at radius 3 is 2.87 bits per heavy atom. The first-order chi connectivity index (χ1) is 7.20. The van der Waals surface area contributed by atoms with Crippen molar-refractivity contribution in [2.75, 3.05) is 6.54 Å². The molecule has 0 bridgehead atoms. The number of hydrogen-bond donors (Lipinski definition) is 1. The molecule has 1 atom stereocenters. The highest BCUT2D eigenvalue weighted by molar-refractivity contribution is 5.78. The number of carboxylic acid groups (broad SMARTS) is 1. The van der Waals surface area contributed by atoms with Crippen LogP contribution >= 0.6 is 0 Å². The Bertz CT molecular complexity index is 340. The first-order valence-electron chi connectivity index (χ1n) is 4.54. The normalized spacial score (nSPS) is 11.8. The minimum absolute atomic E-state index is 0.343. The van der Waals surface area contributed by atoms with Crippen molar-refractivity contribution >= 4 is 12.4 Å². The second-order valence-electron chi connectivity index (χ2n) is 2.96. The molecular formula is C10H12N2O3. The third-order valence-electron chi connectivity index (χ3n) is 2.07. The van der Waals surface area contributed by atoms with Crippen LogP contribution in [0, 0.1) is 0 Å². The molecule has 0 fully saturated rings. The molecule has 1 N–H and O–H groups in total. The quantitative estimate of drug-likeness (QED) is 0.722. The molecule has 5 heteroatoms. The standard InChI is InChI=1S/C10H12N2O3/c1-2-12(7-13)9(10(14)15)8-4-3-5-11-6-8/h3-7,9H,2H2,1H3,(H,14,15). The number of rotatable bonds is 5. The van der Waals surface area contributed by atoms with Crippen molar-refractivity contribution in [3.8, 4) is 0 Å². The molecule has 80 valence electrons. The Labute approximate surface area is 87.4 Å². The summed E-state index contributed by atoms with van der Waals surface area (Å²) >= 11 is 0. The van der Waals surface area contributed by atoms with Gasteiger partial charge >= 0.3 is 5.97 Å². The molecule has 0 radical (unpaired) electrons. The van der Waals surface area contributed by atoms with Gasteiger partial charge in [0.25, 0.3) is 0 Å². The molecule has 1 heterocycles. The van der Waals surface area contributed by atoms with Crippen LogP contribution in [0.25, 0.3) is 0 Å². The van der Waals surface area contributed by atoms with Gasteiger partial charge in [0.1, 0.15) is 0 Å². The van der Waals surface area contributed by atoms with Crippen molar-refractivity contribution in [2.24, 2.45) is 0 Å². The van der Waals surface area contributed by atoms with Crippen LogP contribution in [0.1, 0.15) is 18.5 Å². The summed E-state index contributed by atoms with van der Waals surface area (Å²) in [6.45, 7) is 2.07. The van der Waals surface area contributed by atoms with Crippen LogP contribution in [0.4, 0.5) is 0 Å². The summed E-state index contributed by atoms with van der Waals surface area (Å²) in [6, 6.07) is 2.32. The van der Waals surface area contributed by atoms with Gasteiger partial charge in [0.05, 0.1) is 0 Å². The summed E-state index contributed by atoms with van der Waals surface area (Å²) in [5.41, 5.74) is 0.499. The highest BCUT2D eigenvalue weighted by Gasteiger charge is 2.25. The van der Waals surface area contributed by atoms with Crippen molar-refractivity contribution in [2.45, 2.75) is 13.0 Å². The van der Waals surface area contributed by atoms with Gasteiger partial charge in [0.2, 0.25) is 6.41 Å². The maximum atomic E-state index is 11.0. The van der Waals surface area contributed by atoms with Crippen LogP contribution in [0.5, 0.6) is 0 Å². The van der Waals surface area contributed by atoms with Crippen LogP contribution in [0.2, 0.25) is 0 Å². The molecule has 0 saturated carbocycles. The van der Waals surface area contributed by atoms with E-state index in [4.69, 9.17) is 5.11 Å². The molecule has 0 aliphatic heterocycles. The van der Waals surface area contributed by atoms with Crippen LogP contribution in [0.15, 0.2) is 24.5 Å². The van der Waals surface area contributed by atoms with Crippen molar-refractivity contribution in [3.05, 3.63) is 30.1 Å². The zero-order valence-corrected chi connectivity index (χ0v) is 8.33. The number of likely N-dealkylation sites (N-methyl/N-ethyl adjacent to an activating group) is 1. The van der Waals surface area contributed by atoms with E-state index in [9.17, 15) is 9.59 Å². The van der Waals surface area contributed by atoms with E-state index in [0.717, 1.165) is 0 Å². The minimum atomic E-state index is -1.06. The molecule has 1 aromatic rings. The number of aliphatic carboxylic acids is 1. The molecule has 15 heavy (non-hydrogen) atoms. The zero-order valence-electron chi connectivity index (χ0n) is 8.33. The average Bonchev–Trinajstić information content (AvgIpc) is 2.26. The van der Waals surface area contributed by atoms with E-state index in [1.54, 1.807) is 25.3 Å². The average molecular weight is 208 g/mol. The largest absolute Gasteiger partial charge is 0.479 e. The van der Waals surface area contributed by atoms with Gasteiger partial charge in [-0.1, -0.05) is 6.07 Å². The van der Waals surface area contributed by atoms with E-state index in [-0.39, 0.29) is 0 Å². The summed E-state index contributed by atoms with van der Waals surface area (Å²) in [6.07, 6.45) is 3.54. The van der Waals surface area contributed by atoms with Gasteiger partial charge in [-0.15, -0.1) is 0 Å². The second-order valence-corrected chi connectivity index (χ2v) is 2.96. The molecule has 0 aliphatic rings. The van der Waals surface area contributed by atoms with Crippen LogP contribution in [-0.4, -0.2) is 33.9 Å². The number of nitrogens with zero attached hydrogens (tertiary/aromatic N) is 2. The fraction of sp³-hybridized carbons (Fsp3) is 0.300. The first-order valence-corrected chi connectivity index (χ1v) is 4.54. The highest BCUT2D eigenvalue weighted by atomic mass is 16.4. The van der Waals surface area contributed by atoms with E-state index in [1.165, 1.54) is 11.1 Å². The van der Waals surface area contributed by atoms with Gasteiger partial charge in [-0.2, -0.15) is 0 Å². The Morgan fingerprint density at radius 1 is 1.73 bits per heavy atom. The maximum absolute atomic E-state index is 11.0. The van der Waals surface area contributed by atoms with Gasteiger partial charge < -0.3 is 10.0 Å². The Morgan fingerprint density at radius 2 is 2.47 bits per heavy atom. The van der Waals surface area contributed by atoms with Crippen LogP contribution < -0.4 is 0 Å². The second kappa shape index (κ2) is 5.09. The lowest BCUT2D eigenvalue weighted by atomic mass is 10.1. The summed E-state index contributed by atoms with van der Waals surface area (Å²) in [4.78, 5) is 26.8. The Hall–Kier alpha value is -1.91. The SMILES string of the molecule is CCN(C=O)C(C(=O)O)c1cccnc1. The fourth-order valence-electron chi connectivity index (χ4n) is 1.33. The predicted molar refractivity (Wildman–Crippen MR) is 53.1 cm³/mol. The fourth-order valence-corrected chi connectivity index (χ4v) is 1.33. The number of pyridine rings is 1. The Balaban J connectivity index is 3.03. The van der Waals surface area contributed by atoms with E-state index >= 15 is 0 Å². The van der Waals surface area contributed by atoms with E-state index in [2.05, 4.69) is 4.98 Å². The van der Waals surface area contributed by atoms with E-state index < -0.39 is 12.0 Å². The smallest absolute Gasteiger partial charge is 0.331 e. The van der Waals surface area contributed by atoms with Crippen molar-refractivity contribution in [1.29, 1.82) is 0 Å². The summed E-state index contributed by atoms with van der Waals surface area (Å²) in [5.74, 6) is -1.06. The Kier molecular flexibility index (Phi) is 3.79. The molecular weight excluding hydrogens is 196 g/mol.